The van der Waals surface area contributed by atoms with E-state index < -0.39 is 0 Å². The van der Waals surface area contributed by atoms with Crippen molar-refractivity contribution in [1.82, 2.24) is 0 Å². The standard InChI is InChI=1S/C14H22O/c1-10(2)14(12(4)15)9-13-7-5-6-11(3)8-13/h5-8,10,12,14-15H,9H2,1-4H3. The fourth-order valence-electron chi connectivity index (χ4n) is 2.07. The summed E-state index contributed by atoms with van der Waals surface area (Å²) in [6, 6.07) is 8.54. The van der Waals surface area contributed by atoms with Crippen LogP contribution in [0.3, 0.4) is 0 Å². The maximum atomic E-state index is 9.71. The summed E-state index contributed by atoms with van der Waals surface area (Å²) < 4.78 is 0. The highest BCUT2D eigenvalue weighted by Crippen LogP contribution is 2.21. The lowest BCUT2D eigenvalue weighted by Crippen LogP contribution is -2.24. The average molecular weight is 206 g/mol. The molecule has 1 rings (SSSR count). The largest absolute Gasteiger partial charge is 0.393 e. The third kappa shape index (κ3) is 3.67. The number of hydrogen-bond donors (Lipinski definition) is 1. The Morgan fingerprint density at radius 2 is 1.87 bits per heavy atom. The lowest BCUT2D eigenvalue weighted by molar-refractivity contribution is 0.0977. The van der Waals surface area contributed by atoms with Crippen LogP contribution in [0, 0.1) is 18.8 Å². The summed E-state index contributed by atoms with van der Waals surface area (Å²) in [5.74, 6) is 0.873. The van der Waals surface area contributed by atoms with Gasteiger partial charge in [-0.05, 0) is 37.7 Å². The molecular formula is C14H22O. The summed E-state index contributed by atoms with van der Waals surface area (Å²) in [5, 5.41) is 9.71. The molecule has 1 N–H and O–H groups in total. The molecule has 2 atom stereocenters. The minimum Gasteiger partial charge on any atom is -0.393 e. The van der Waals surface area contributed by atoms with E-state index in [-0.39, 0.29) is 6.10 Å². The minimum absolute atomic E-state index is 0.231. The molecule has 0 spiro atoms. The first-order chi connectivity index (χ1) is 7.00. The van der Waals surface area contributed by atoms with Crippen LogP contribution in [-0.4, -0.2) is 11.2 Å². The zero-order valence-electron chi connectivity index (χ0n) is 10.2. The van der Waals surface area contributed by atoms with Gasteiger partial charge in [0.2, 0.25) is 0 Å². The van der Waals surface area contributed by atoms with Crippen molar-refractivity contribution in [1.29, 1.82) is 0 Å². The molecule has 0 saturated heterocycles. The highest BCUT2D eigenvalue weighted by atomic mass is 16.3. The van der Waals surface area contributed by atoms with Crippen molar-refractivity contribution in [2.75, 3.05) is 0 Å². The van der Waals surface area contributed by atoms with Gasteiger partial charge in [-0.2, -0.15) is 0 Å². The number of aryl methyl sites for hydroxylation is 1. The molecule has 0 radical (unpaired) electrons. The molecule has 1 heteroatoms. The summed E-state index contributed by atoms with van der Waals surface area (Å²) in [5.41, 5.74) is 2.62. The number of benzene rings is 1. The first-order valence-electron chi connectivity index (χ1n) is 5.74. The van der Waals surface area contributed by atoms with Crippen LogP contribution in [0.25, 0.3) is 0 Å². The van der Waals surface area contributed by atoms with Crippen LogP contribution in [0.15, 0.2) is 24.3 Å². The molecule has 0 heterocycles. The Balaban J connectivity index is 2.74. The van der Waals surface area contributed by atoms with Crippen LogP contribution in [0.4, 0.5) is 0 Å². The van der Waals surface area contributed by atoms with Crippen molar-refractivity contribution >= 4 is 0 Å². The molecule has 2 unspecified atom stereocenters. The van der Waals surface area contributed by atoms with E-state index in [1.807, 2.05) is 6.92 Å². The quantitative estimate of drug-likeness (QED) is 0.802. The average Bonchev–Trinajstić information content (AvgIpc) is 2.13. The molecular weight excluding hydrogens is 184 g/mol. The van der Waals surface area contributed by atoms with E-state index in [2.05, 4.69) is 45.0 Å². The maximum Gasteiger partial charge on any atom is 0.0545 e. The summed E-state index contributed by atoms with van der Waals surface area (Å²) in [4.78, 5) is 0. The van der Waals surface area contributed by atoms with Crippen molar-refractivity contribution in [2.24, 2.45) is 11.8 Å². The topological polar surface area (TPSA) is 20.2 Å². The van der Waals surface area contributed by atoms with Crippen molar-refractivity contribution in [3.63, 3.8) is 0 Å². The lowest BCUT2D eigenvalue weighted by Gasteiger charge is -2.23. The fourth-order valence-corrected chi connectivity index (χ4v) is 2.07. The Morgan fingerprint density at radius 1 is 1.20 bits per heavy atom. The summed E-state index contributed by atoms with van der Waals surface area (Å²) in [6.07, 6.45) is 0.738. The lowest BCUT2D eigenvalue weighted by atomic mass is 9.85. The first kappa shape index (κ1) is 12.3. The van der Waals surface area contributed by atoms with Gasteiger partial charge in [-0.1, -0.05) is 43.7 Å². The SMILES string of the molecule is Cc1cccc(CC(C(C)C)C(C)O)c1. The van der Waals surface area contributed by atoms with E-state index in [4.69, 9.17) is 0 Å². The molecule has 0 aliphatic rings. The molecule has 1 aromatic carbocycles. The monoisotopic (exact) mass is 206 g/mol. The minimum atomic E-state index is -0.231. The Hall–Kier alpha value is -0.820. The molecule has 0 saturated carbocycles. The summed E-state index contributed by atoms with van der Waals surface area (Å²) in [7, 11) is 0. The molecule has 0 bridgehead atoms. The predicted octanol–water partition coefficient (Wildman–Crippen LogP) is 3.19. The third-order valence-corrected chi connectivity index (χ3v) is 3.03. The number of aliphatic hydroxyl groups is 1. The smallest absolute Gasteiger partial charge is 0.0545 e. The van der Waals surface area contributed by atoms with Crippen LogP contribution in [0.5, 0.6) is 0 Å². The Labute approximate surface area is 93.1 Å². The van der Waals surface area contributed by atoms with Gasteiger partial charge >= 0.3 is 0 Å². The van der Waals surface area contributed by atoms with Gasteiger partial charge in [0.1, 0.15) is 0 Å². The van der Waals surface area contributed by atoms with E-state index >= 15 is 0 Å². The molecule has 0 aromatic heterocycles. The van der Waals surface area contributed by atoms with E-state index in [9.17, 15) is 5.11 Å². The molecule has 0 fully saturated rings. The molecule has 0 aliphatic carbocycles. The van der Waals surface area contributed by atoms with Crippen molar-refractivity contribution in [3.8, 4) is 0 Å². The van der Waals surface area contributed by atoms with Gasteiger partial charge in [-0.25, -0.2) is 0 Å². The van der Waals surface area contributed by atoms with Crippen LogP contribution < -0.4 is 0 Å². The van der Waals surface area contributed by atoms with Gasteiger partial charge in [0, 0.05) is 0 Å². The van der Waals surface area contributed by atoms with E-state index in [0.29, 0.717) is 11.8 Å². The fraction of sp³-hybridized carbons (Fsp3) is 0.571. The first-order valence-corrected chi connectivity index (χ1v) is 5.74. The Kier molecular flexibility index (Phi) is 4.34. The van der Waals surface area contributed by atoms with Crippen LogP contribution in [-0.2, 0) is 6.42 Å². The molecule has 0 amide bonds. The molecule has 15 heavy (non-hydrogen) atoms. The van der Waals surface area contributed by atoms with Gasteiger partial charge in [0.05, 0.1) is 6.10 Å². The molecule has 1 aromatic rings. The second kappa shape index (κ2) is 5.32. The van der Waals surface area contributed by atoms with Gasteiger partial charge < -0.3 is 5.11 Å². The van der Waals surface area contributed by atoms with Crippen molar-refractivity contribution in [2.45, 2.75) is 40.2 Å². The van der Waals surface area contributed by atoms with E-state index in [0.717, 1.165) is 6.42 Å². The highest BCUT2D eigenvalue weighted by molar-refractivity contribution is 5.22. The van der Waals surface area contributed by atoms with Crippen LogP contribution in [0.2, 0.25) is 0 Å². The van der Waals surface area contributed by atoms with Crippen LogP contribution in [0.1, 0.15) is 31.9 Å². The Bertz CT molecular complexity index is 294. The van der Waals surface area contributed by atoms with Gasteiger partial charge in [-0.3, -0.25) is 0 Å². The number of hydrogen-bond acceptors (Lipinski definition) is 1. The number of aliphatic hydroxyl groups excluding tert-OH is 1. The van der Waals surface area contributed by atoms with Crippen molar-refractivity contribution in [3.05, 3.63) is 35.4 Å². The molecule has 84 valence electrons. The van der Waals surface area contributed by atoms with Crippen LogP contribution >= 0.6 is 0 Å². The molecule has 0 aliphatic heterocycles. The summed E-state index contributed by atoms with van der Waals surface area (Å²) >= 11 is 0. The maximum absolute atomic E-state index is 9.71. The van der Waals surface area contributed by atoms with Gasteiger partial charge in [-0.15, -0.1) is 0 Å². The highest BCUT2D eigenvalue weighted by Gasteiger charge is 2.19. The summed E-state index contributed by atoms with van der Waals surface area (Å²) in [6.45, 7) is 8.34. The second-order valence-electron chi connectivity index (χ2n) is 4.84. The normalized spacial score (nSPS) is 15.3. The third-order valence-electron chi connectivity index (χ3n) is 3.03. The molecule has 1 nitrogen and oxygen atoms in total. The van der Waals surface area contributed by atoms with Gasteiger partial charge in [0.25, 0.3) is 0 Å². The predicted molar refractivity (Wildman–Crippen MR) is 64.9 cm³/mol. The zero-order chi connectivity index (χ0) is 11.4. The Morgan fingerprint density at radius 3 is 2.33 bits per heavy atom. The van der Waals surface area contributed by atoms with E-state index in [1.165, 1.54) is 11.1 Å². The van der Waals surface area contributed by atoms with Crippen molar-refractivity contribution < 1.29 is 5.11 Å². The second-order valence-corrected chi connectivity index (χ2v) is 4.84. The zero-order valence-corrected chi connectivity index (χ0v) is 10.2. The number of rotatable bonds is 4. The van der Waals surface area contributed by atoms with E-state index in [1.54, 1.807) is 0 Å². The van der Waals surface area contributed by atoms with Gasteiger partial charge in [0.15, 0.2) is 0 Å².